The van der Waals surface area contributed by atoms with E-state index in [4.69, 9.17) is 33.2 Å². The fraction of sp³-hybridized carbons (Fsp3) is 1.00. The molecule has 0 spiro atoms. The van der Waals surface area contributed by atoms with Gasteiger partial charge in [-0.1, -0.05) is 0 Å². The van der Waals surface area contributed by atoms with Crippen LogP contribution in [0.2, 0.25) is 0 Å². The van der Waals surface area contributed by atoms with Gasteiger partial charge in [-0.15, -0.1) is 0 Å². The van der Waals surface area contributed by atoms with Gasteiger partial charge in [0.2, 0.25) is 0 Å². The average Bonchev–Trinajstić information content (AvgIpc) is 3.03. The van der Waals surface area contributed by atoms with E-state index in [-0.39, 0.29) is 0 Å². The Bertz CT molecular complexity index is 914. The molecule has 0 aromatic heterocycles. The maximum atomic E-state index is 10.9. The van der Waals surface area contributed by atoms with E-state index in [1.54, 1.807) is 0 Å². The first-order valence-electron chi connectivity index (χ1n) is 14.1. The highest BCUT2D eigenvalue weighted by Gasteiger charge is 2.53. The van der Waals surface area contributed by atoms with Crippen LogP contribution in [-0.4, -0.2) is 221 Å². The van der Waals surface area contributed by atoms with Gasteiger partial charge < -0.3 is 105 Å². The number of ether oxygens (including phenoxy) is 7. The highest BCUT2D eigenvalue weighted by Crippen LogP contribution is 2.32. The second-order valence-electron chi connectivity index (χ2n) is 11.2. The highest BCUT2D eigenvalue weighted by atomic mass is 16.8. The predicted molar refractivity (Wildman–Crippen MR) is 134 cm³/mol. The Kier molecular flexibility index (Phi) is 12.8. The van der Waals surface area contributed by atoms with Crippen LogP contribution in [0.5, 0.6) is 0 Å². The lowest BCUT2D eigenvalue weighted by atomic mass is 9.96. The van der Waals surface area contributed by atoms with Gasteiger partial charge >= 0.3 is 0 Å². The summed E-state index contributed by atoms with van der Waals surface area (Å²) in [7, 11) is 0. The summed E-state index contributed by atoms with van der Waals surface area (Å²) in [5, 5.41) is 142. The van der Waals surface area contributed by atoms with Crippen molar-refractivity contribution < 1.29 is 105 Å². The lowest BCUT2D eigenvalue weighted by Crippen LogP contribution is -2.65. The molecular weight excluding hydrogens is 624 g/mol. The van der Waals surface area contributed by atoms with Gasteiger partial charge in [0.15, 0.2) is 25.2 Å². The van der Waals surface area contributed by atoms with Crippen molar-refractivity contribution in [3.8, 4) is 0 Å². The molecule has 0 aromatic rings. The minimum absolute atomic E-state index is 0.734. The Morgan fingerprint density at radius 2 is 0.844 bits per heavy atom. The molecule has 21 heteroatoms. The van der Waals surface area contributed by atoms with Crippen molar-refractivity contribution in [2.45, 2.75) is 123 Å². The van der Waals surface area contributed by atoms with Crippen molar-refractivity contribution in [3.05, 3.63) is 0 Å². The largest absolute Gasteiger partial charge is 0.394 e. The van der Waals surface area contributed by atoms with Crippen LogP contribution >= 0.6 is 0 Å². The lowest BCUT2D eigenvalue weighted by molar-refractivity contribution is -0.372. The molecular formula is C24H42O21. The van der Waals surface area contributed by atoms with E-state index >= 15 is 0 Å². The van der Waals surface area contributed by atoms with Crippen LogP contribution in [0.15, 0.2) is 0 Å². The summed E-state index contributed by atoms with van der Waals surface area (Å²) in [5.74, 6) is 0. The standard InChI is InChI=1S/C24H42O21/c25-1-5-9(28)12(31)16(35)23(42-5)45-20-11(30)6(2-26)41-22(18(20)37)39-4-8-10(29)13(32)17(36)24(43-8)44-19-7(3-27)40-21(38)15(34)14(19)33/h5-38H,1-4H2/t5-,6-,7-,8-,9+,10+,11+,12+,13+,14-,15-,16-,17-,18-,19-,20+,21?,22-,23+,24+/m1/s1. The molecule has 264 valence electrons. The third-order valence-corrected chi connectivity index (χ3v) is 8.19. The molecule has 21 nitrogen and oxygen atoms in total. The monoisotopic (exact) mass is 666 g/mol. The average molecular weight is 667 g/mol. The van der Waals surface area contributed by atoms with Gasteiger partial charge in [0.05, 0.1) is 26.4 Å². The molecule has 0 radical (unpaired) electrons. The number of aliphatic hydroxyl groups is 14. The highest BCUT2D eigenvalue weighted by molar-refractivity contribution is 4.96. The van der Waals surface area contributed by atoms with Crippen LogP contribution in [0.25, 0.3) is 0 Å². The molecule has 45 heavy (non-hydrogen) atoms. The molecule has 14 N–H and O–H groups in total. The van der Waals surface area contributed by atoms with Crippen LogP contribution in [0.4, 0.5) is 0 Å². The van der Waals surface area contributed by atoms with Crippen molar-refractivity contribution in [1.82, 2.24) is 0 Å². The van der Waals surface area contributed by atoms with Gasteiger partial charge in [-0.05, 0) is 0 Å². The molecule has 4 heterocycles. The lowest BCUT2D eigenvalue weighted by Gasteiger charge is -2.47. The van der Waals surface area contributed by atoms with E-state index in [9.17, 15) is 71.5 Å². The van der Waals surface area contributed by atoms with E-state index < -0.39 is 149 Å². The van der Waals surface area contributed by atoms with Crippen molar-refractivity contribution in [3.63, 3.8) is 0 Å². The first-order chi connectivity index (χ1) is 21.2. The molecule has 0 bridgehead atoms. The summed E-state index contributed by atoms with van der Waals surface area (Å²) in [4.78, 5) is 0. The van der Waals surface area contributed by atoms with Gasteiger partial charge in [0.25, 0.3) is 0 Å². The Balaban J connectivity index is 1.44. The number of aliphatic hydroxyl groups excluding tert-OH is 14. The third kappa shape index (κ3) is 7.59. The number of rotatable bonds is 10. The second-order valence-corrected chi connectivity index (χ2v) is 11.2. The summed E-state index contributed by atoms with van der Waals surface area (Å²) >= 11 is 0. The summed E-state index contributed by atoms with van der Waals surface area (Å²) < 4.78 is 37.6. The summed E-state index contributed by atoms with van der Waals surface area (Å²) in [5.41, 5.74) is 0. The smallest absolute Gasteiger partial charge is 0.187 e. The van der Waals surface area contributed by atoms with Gasteiger partial charge in [-0.2, -0.15) is 0 Å². The molecule has 20 atom stereocenters. The van der Waals surface area contributed by atoms with Crippen molar-refractivity contribution >= 4 is 0 Å². The van der Waals surface area contributed by atoms with Gasteiger partial charge in [0.1, 0.15) is 97.7 Å². The maximum absolute atomic E-state index is 10.9. The van der Waals surface area contributed by atoms with Crippen LogP contribution in [0.1, 0.15) is 0 Å². The van der Waals surface area contributed by atoms with Crippen LogP contribution < -0.4 is 0 Å². The summed E-state index contributed by atoms with van der Waals surface area (Å²) in [6.07, 6.45) is -35.1. The fourth-order valence-corrected chi connectivity index (χ4v) is 5.43. The number of hydrogen-bond donors (Lipinski definition) is 14. The Morgan fingerprint density at radius 1 is 0.378 bits per heavy atom. The van der Waals surface area contributed by atoms with Gasteiger partial charge in [-0.3, -0.25) is 0 Å². The first-order valence-corrected chi connectivity index (χ1v) is 14.1. The fourth-order valence-electron chi connectivity index (χ4n) is 5.43. The van der Waals surface area contributed by atoms with E-state index in [2.05, 4.69) is 0 Å². The molecule has 0 aromatic carbocycles. The molecule has 4 saturated heterocycles. The Morgan fingerprint density at radius 3 is 1.40 bits per heavy atom. The minimum atomic E-state index is -1.95. The maximum Gasteiger partial charge on any atom is 0.187 e. The Hall–Kier alpha value is -0.840. The molecule has 0 amide bonds. The van der Waals surface area contributed by atoms with Gasteiger partial charge in [-0.25, -0.2) is 0 Å². The van der Waals surface area contributed by atoms with Gasteiger partial charge in [0, 0.05) is 0 Å². The summed E-state index contributed by atoms with van der Waals surface area (Å²) in [6, 6.07) is 0. The van der Waals surface area contributed by atoms with E-state index in [0.717, 1.165) is 0 Å². The van der Waals surface area contributed by atoms with Crippen LogP contribution in [0.3, 0.4) is 0 Å². The molecule has 1 unspecified atom stereocenters. The van der Waals surface area contributed by atoms with E-state index in [1.807, 2.05) is 0 Å². The van der Waals surface area contributed by atoms with Crippen molar-refractivity contribution in [2.75, 3.05) is 26.4 Å². The predicted octanol–water partition coefficient (Wildman–Crippen LogP) is -9.75. The SMILES string of the molecule is OC[C@H]1O[C@@H](O[C@H]2[C@@H](O)[C@@H](CO)O[C@@H](OC[C@H]3O[C@@H](O[C@H]4[C@H](O)[C@@H](O)C(O)O[C@@H]4CO)[C@H](O)[C@@H](O)[C@H]3O)[C@@H]2O)[C@H](O)[C@@H](O)[C@H]1O. The molecule has 4 aliphatic heterocycles. The topological polar surface area (TPSA) is 348 Å². The minimum Gasteiger partial charge on any atom is -0.394 e. The zero-order valence-electron chi connectivity index (χ0n) is 23.5. The zero-order chi connectivity index (χ0) is 33.3. The summed E-state index contributed by atoms with van der Waals surface area (Å²) in [6.45, 7) is -3.18. The first kappa shape index (κ1) is 37.0. The third-order valence-electron chi connectivity index (χ3n) is 8.19. The van der Waals surface area contributed by atoms with E-state index in [0.29, 0.717) is 0 Å². The zero-order valence-corrected chi connectivity index (χ0v) is 23.5. The molecule has 4 aliphatic rings. The quantitative estimate of drug-likeness (QED) is 0.103. The van der Waals surface area contributed by atoms with Crippen molar-refractivity contribution in [2.24, 2.45) is 0 Å². The molecule has 4 rings (SSSR count). The Labute approximate surface area is 254 Å². The second kappa shape index (κ2) is 15.6. The molecule has 0 saturated carbocycles. The normalized spacial score (nSPS) is 52.9. The van der Waals surface area contributed by atoms with E-state index in [1.165, 1.54) is 0 Å². The number of hydrogen-bond acceptors (Lipinski definition) is 21. The van der Waals surface area contributed by atoms with Crippen LogP contribution in [-0.2, 0) is 33.2 Å². The molecule has 0 aliphatic carbocycles. The molecule has 4 fully saturated rings. The van der Waals surface area contributed by atoms with Crippen molar-refractivity contribution in [1.29, 1.82) is 0 Å². The van der Waals surface area contributed by atoms with Crippen LogP contribution in [0, 0.1) is 0 Å².